The lowest BCUT2D eigenvalue weighted by atomic mass is 10.0. The topological polar surface area (TPSA) is 129 Å². The van der Waals surface area contributed by atoms with Gasteiger partial charge in [-0.3, -0.25) is 18.9 Å². The van der Waals surface area contributed by atoms with Gasteiger partial charge in [0.1, 0.15) is 23.2 Å². The number of hydrogen-bond donors (Lipinski definition) is 2. The fourth-order valence-corrected chi connectivity index (χ4v) is 4.97. The lowest BCUT2D eigenvalue weighted by molar-refractivity contribution is 0.388. The zero-order valence-corrected chi connectivity index (χ0v) is 23.5. The molecule has 3 aromatic heterocycles. The molecular weight excluding hydrogens is 555 g/mol. The van der Waals surface area contributed by atoms with Crippen molar-refractivity contribution in [3.05, 3.63) is 85.5 Å². The van der Waals surface area contributed by atoms with Crippen LogP contribution in [0.25, 0.3) is 33.4 Å². The number of nitrogens with zero attached hydrogens (tertiary/aromatic N) is 6. The number of aromatic nitrogens is 6. The summed E-state index contributed by atoms with van der Waals surface area (Å²) in [5.74, 6) is 0.613. The second kappa shape index (κ2) is 11.0. The first-order valence-corrected chi connectivity index (χ1v) is 12.8. The molecule has 5 rings (SSSR count). The van der Waals surface area contributed by atoms with E-state index in [1.807, 2.05) is 31.3 Å². The van der Waals surface area contributed by atoms with Gasteiger partial charge in [-0.1, -0.05) is 53.5 Å². The first-order chi connectivity index (χ1) is 19.3. The van der Waals surface area contributed by atoms with Crippen LogP contribution in [-0.2, 0) is 20.6 Å². The maximum atomic E-state index is 13.0. The molecular formula is C27H24Cl2N8O3. The van der Waals surface area contributed by atoms with Gasteiger partial charge >= 0.3 is 5.69 Å². The van der Waals surface area contributed by atoms with E-state index in [-0.39, 0.29) is 16.9 Å². The Morgan fingerprint density at radius 1 is 0.925 bits per heavy atom. The molecule has 0 fully saturated rings. The summed E-state index contributed by atoms with van der Waals surface area (Å²) < 4.78 is 7.72. The zero-order chi connectivity index (χ0) is 28.6. The molecule has 5 aromatic rings. The quantitative estimate of drug-likeness (QED) is 0.295. The first-order valence-electron chi connectivity index (χ1n) is 12.1. The summed E-state index contributed by atoms with van der Waals surface area (Å²) in [6.45, 7) is 0.504. The van der Waals surface area contributed by atoms with Gasteiger partial charge in [0.2, 0.25) is 5.88 Å². The molecule has 11 nitrogen and oxygen atoms in total. The molecule has 3 heterocycles. The molecule has 0 unspecified atom stereocenters. The van der Waals surface area contributed by atoms with Gasteiger partial charge in [-0.05, 0) is 13.1 Å². The van der Waals surface area contributed by atoms with Crippen LogP contribution in [0.15, 0.2) is 58.5 Å². The van der Waals surface area contributed by atoms with Gasteiger partial charge in [0.05, 0.1) is 34.7 Å². The minimum absolute atomic E-state index is 0.155. The van der Waals surface area contributed by atoms with Crippen LogP contribution >= 0.6 is 23.2 Å². The number of benzene rings is 2. The number of nitrogens with one attached hydrogen (secondary N) is 2. The summed E-state index contributed by atoms with van der Waals surface area (Å²) in [6, 6.07) is 10.9. The van der Waals surface area contributed by atoms with Gasteiger partial charge in [-0.15, -0.1) is 0 Å². The summed E-state index contributed by atoms with van der Waals surface area (Å²) >= 11 is 13.8. The maximum Gasteiger partial charge on any atom is 0.332 e. The van der Waals surface area contributed by atoms with E-state index in [2.05, 4.69) is 30.6 Å². The molecule has 13 heteroatoms. The fourth-order valence-electron chi connectivity index (χ4n) is 4.37. The van der Waals surface area contributed by atoms with Gasteiger partial charge < -0.3 is 15.4 Å². The van der Waals surface area contributed by atoms with E-state index in [1.165, 1.54) is 25.0 Å². The van der Waals surface area contributed by atoms with Gasteiger partial charge in [-0.25, -0.2) is 19.7 Å². The van der Waals surface area contributed by atoms with Crippen molar-refractivity contribution in [2.75, 3.05) is 19.5 Å². The summed E-state index contributed by atoms with van der Waals surface area (Å²) in [4.78, 5) is 42.8. The third kappa shape index (κ3) is 4.68. The van der Waals surface area contributed by atoms with E-state index in [9.17, 15) is 9.59 Å². The van der Waals surface area contributed by atoms with E-state index < -0.39 is 11.2 Å². The fraction of sp³-hybridized carbons (Fsp3) is 0.185. The number of anilines is 2. The number of hydrogen-bond acceptors (Lipinski definition) is 9. The second-order valence-corrected chi connectivity index (χ2v) is 9.58. The Labute approximate surface area is 238 Å². The van der Waals surface area contributed by atoms with Gasteiger partial charge in [-0.2, -0.15) is 0 Å². The normalized spacial score (nSPS) is 11.2. The summed E-state index contributed by atoms with van der Waals surface area (Å²) in [5, 5.41) is 7.11. The molecule has 0 aliphatic heterocycles. The Kier molecular flexibility index (Phi) is 7.53. The number of fused-ring (bicyclic) bond motifs is 1. The molecule has 0 spiro atoms. The van der Waals surface area contributed by atoms with E-state index in [4.69, 9.17) is 27.9 Å². The molecule has 0 bridgehead atoms. The minimum atomic E-state index is -0.526. The van der Waals surface area contributed by atoms with Crippen molar-refractivity contribution in [2.24, 2.45) is 14.1 Å². The van der Waals surface area contributed by atoms with Crippen molar-refractivity contribution in [1.82, 2.24) is 34.4 Å². The number of ether oxygens (including phenoxy) is 1. The summed E-state index contributed by atoms with van der Waals surface area (Å²) in [6.07, 6.45) is 2.92. The maximum absolute atomic E-state index is 13.0. The predicted octanol–water partition coefficient (Wildman–Crippen LogP) is 3.93. The molecule has 0 radical (unpaired) electrons. The van der Waals surface area contributed by atoms with Crippen LogP contribution in [0.4, 0.5) is 11.5 Å². The first kappa shape index (κ1) is 27.3. The predicted molar refractivity (Wildman–Crippen MR) is 156 cm³/mol. The van der Waals surface area contributed by atoms with Crippen LogP contribution < -0.4 is 26.6 Å². The number of aryl methyl sites for hydroxylation is 1. The van der Waals surface area contributed by atoms with E-state index >= 15 is 0 Å². The van der Waals surface area contributed by atoms with Crippen molar-refractivity contribution in [3.8, 4) is 28.3 Å². The largest absolute Gasteiger partial charge is 0.480 e. The molecule has 2 N–H and O–H groups in total. The Hall–Kier alpha value is -4.32. The van der Waals surface area contributed by atoms with Crippen LogP contribution in [0.1, 0.15) is 5.69 Å². The number of methoxy groups -OCH3 is 1. The van der Waals surface area contributed by atoms with Crippen molar-refractivity contribution >= 4 is 45.7 Å². The molecule has 204 valence electrons. The van der Waals surface area contributed by atoms with E-state index in [1.54, 1.807) is 25.4 Å². The molecule has 0 atom stereocenters. The molecule has 0 aliphatic rings. The highest BCUT2D eigenvalue weighted by atomic mass is 35.5. The Balaban J connectivity index is 1.59. The van der Waals surface area contributed by atoms with Crippen LogP contribution in [-0.4, -0.2) is 43.2 Å². The highest BCUT2D eigenvalue weighted by molar-refractivity contribution is 6.39. The summed E-state index contributed by atoms with van der Waals surface area (Å²) in [5.41, 5.74) is 2.85. The van der Waals surface area contributed by atoms with Crippen molar-refractivity contribution in [3.63, 3.8) is 0 Å². The monoisotopic (exact) mass is 578 g/mol. The summed E-state index contributed by atoms with van der Waals surface area (Å²) in [7, 11) is 6.30. The zero-order valence-electron chi connectivity index (χ0n) is 22.0. The smallest absolute Gasteiger partial charge is 0.332 e. The average molecular weight is 579 g/mol. The van der Waals surface area contributed by atoms with Gasteiger partial charge in [0.15, 0.2) is 5.65 Å². The second-order valence-electron chi connectivity index (χ2n) is 8.83. The third-order valence-corrected chi connectivity index (χ3v) is 7.22. The Bertz CT molecular complexity index is 1890. The van der Waals surface area contributed by atoms with E-state index in [0.717, 1.165) is 4.57 Å². The van der Waals surface area contributed by atoms with Gasteiger partial charge in [0, 0.05) is 37.3 Å². The van der Waals surface area contributed by atoms with E-state index in [0.29, 0.717) is 56.2 Å². The number of rotatable bonds is 7. The van der Waals surface area contributed by atoms with Gasteiger partial charge in [0.25, 0.3) is 5.56 Å². The molecule has 40 heavy (non-hydrogen) atoms. The SMILES string of the molecule is CNCc1ncc(-c2cccc(-c3cccc(Nc4ncnc5c4c(=O)n(C)c(=O)n5C)c3Cl)c2Cl)nc1OC. The minimum Gasteiger partial charge on any atom is -0.480 e. The number of halogens is 2. The van der Waals surface area contributed by atoms with Crippen LogP contribution in [0.5, 0.6) is 5.88 Å². The van der Waals surface area contributed by atoms with Crippen molar-refractivity contribution in [2.45, 2.75) is 6.54 Å². The van der Waals surface area contributed by atoms with Crippen molar-refractivity contribution in [1.29, 1.82) is 0 Å². The molecule has 0 saturated heterocycles. The Morgan fingerprint density at radius 2 is 1.62 bits per heavy atom. The standard InChI is InChI=1S/C27H24Cl2N8O3/c1-30-11-19-25(40-4)35-18(12-31-19)16-9-5-7-14(21(16)28)15-8-6-10-17(22(15)29)34-23-20-24(33-13-32-23)36(2)27(39)37(3)26(20)38/h5-10,12-13,30H,11H2,1-4H3,(H,32,33,34). The molecule has 0 aliphatic carbocycles. The average Bonchev–Trinajstić information content (AvgIpc) is 2.96. The lowest BCUT2D eigenvalue weighted by Gasteiger charge is -2.16. The highest BCUT2D eigenvalue weighted by Crippen LogP contribution is 2.41. The van der Waals surface area contributed by atoms with Crippen LogP contribution in [0.2, 0.25) is 10.0 Å². The lowest BCUT2D eigenvalue weighted by Crippen LogP contribution is -2.37. The molecule has 2 aromatic carbocycles. The third-order valence-electron chi connectivity index (χ3n) is 6.40. The Morgan fingerprint density at radius 3 is 2.35 bits per heavy atom. The van der Waals surface area contributed by atoms with Crippen LogP contribution in [0.3, 0.4) is 0 Å². The van der Waals surface area contributed by atoms with Crippen LogP contribution in [0, 0.1) is 0 Å². The van der Waals surface area contributed by atoms with Crippen molar-refractivity contribution < 1.29 is 4.74 Å². The molecule has 0 saturated carbocycles. The molecule has 0 amide bonds. The highest BCUT2D eigenvalue weighted by Gasteiger charge is 2.19.